The van der Waals surface area contributed by atoms with Crippen molar-refractivity contribution in [2.24, 2.45) is 0 Å². The highest BCUT2D eigenvalue weighted by Crippen LogP contribution is 2.28. The van der Waals surface area contributed by atoms with Crippen LogP contribution in [0.2, 0.25) is 0 Å². The van der Waals surface area contributed by atoms with Crippen molar-refractivity contribution < 1.29 is 13.9 Å². The van der Waals surface area contributed by atoms with E-state index in [4.69, 9.17) is 4.74 Å². The summed E-state index contributed by atoms with van der Waals surface area (Å²) in [5, 5.41) is 0. The zero-order valence-corrected chi connectivity index (χ0v) is 12.1. The number of benzene rings is 2. The van der Waals surface area contributed by atoms with E-state index in [0.29, 0.717) is 11.3 Å². The molecule has 0 amide bonds. The number of carbonyl (C=O) groups is 1. The molecule has 20 heavy (non-hydrogen) atoms. The molecule has 2 rings (SSSR count). The number of para-hydroxylation sites is 1. The van der Waals surface area contributed by atoms with E-state index in [9.17, 15) is 9.18 Å². The van der Waals surface area contributed by atoms with Gasteiger partial charge in [-0.2, -0.15) is 0 Å². The summed E-state index contributed by atoms with van der Waals surface area (Å²) in [5.74, 6) is 0.159. The molecule has 2 nitrogen and oxygen atoms in total. The maximum atomic E-state index is 12.9. The van der Waals surface area contributed by atoms with Crippen LogP contribution in [0.25, 0.3) is 0 Å². The van der Waals surface area contributed by atoms with Gasteiger partial charge < -0.3 is 4.74 Å². The van der Waals surface area contributed by atoms with Crippen molar-refractivity contribution in [2.45, 2.75) is 17.9 Å². The van der Waals surface area contributed by atoms with Gasteiger partial charge in [0.25, 0.3) is 0 Å². The zero-order valence-electron chi connectivity index (χ0n) is 11.3. The molecule has 0 saturated carbocycles. The zero-order chi connectivity index (χ0) is 14.5. The van der Waals surface area contributed by atoms with Gasteiger partial charge in [-0.05, 0) is 49.6 Å². The summed E-state index contributed by atoms with van der Waals surface area (Å²) >= 11 is 1.56. The van der Waals surface area contributed by atoms with Crippen LogP contribution in [0.4, 0.5) is 4.39 Å². The Bertz CT molecular complexity index is 596. The second kappa shape index (κ2) is 6.57. The standard InChI is InChI=1S/C16H15FO2S/c1-11(16(18)12-7-9-13(17)10-8-12)19-14-5-3-4-6-15(14)20-2/h3-11H,1-2H3. The molecule has 0 heterocycles. The molecule has 1 atom stereocenters. The number of hydrogen-bond acceptors (Lipinski definition) is 3. The van der Waals surface area contributed by atoms with Crippen molar-refractivity contribution in [3.05, 3.63) is 59.9 Å². The summed E-state index contributed by atoms with van der Waals surface area (Å²) in [6, 6.07) is 13.0. The third-order valence-electron chi connectivity index (χ3n) is 2.87. The lowest BCUT2D eigenvalue weighted by Crippen LogP contribution is -2.24. The third-order valence-corrected chi connectivity index (χ3v) is 3.65. The Kier molecular flexibility index (Phi) is 4.79. The lowest BCUT2D eigenvalue weighted by molar-refractivity contribution is 0.0814. The fourth-order valence-corrected chi connectivity index (χ4v) is 2.34. The minimum absolute atomic E-state index is 0.166. The normalized spacial score (nSPS) is 11.9. The first-order valence-electron chi connectivity index (χ1n) is 6.21. The molecule has 0 aliphatic heterocycles. The molecule has 0 bridgehead atoms. The van der Waals surface area contributed by atoms with Crippen molar-refractivity contribution in [1.82, 2.24) is 0 Å². The van der Waals surface area contributed by atoms with Crippen LogP contribution in [0.5, 0.6) is 5.75 Å². The quantitative estimate of drug-likeness (QED) is 0.610. The monoisotopic (exact) mass is 290 g/mol. The van der Waals surface area contributed by atoms with Gasteiger partial charge >= 0.3 is 0 Å². The first-order chi connectivity index (χ1) is 9.61. The molecule has 0 aliphatic rings. The number of hydrogen-bond donors (Lipinski definition) is 0. The fraction of sp³-hybridized carbons (Fsp3) is 0.188. The molecule has 104 valence electrons. The minimum atomic E-state index is -0.617. The van der Waals surface area contributed by atoms with Crippen molar-refractivity contribution in [1.29, 1.82) is 0 Å². The lowest BCUT2D eigenvalue weighted by atomic mass is 10.1. The predicted octanol–water partition coefficient (Wildman–Crippen LogP) is 4.20. The van der Waals surface area contributed by atoms with E-state index in [1.54, 1.807) is 18.7 Å². The Balaban J connectivity index is 2.13. The molecule has 2 aromatic carbocycles. The SMILES string of the molecule is CSc1ccccc1OC(C)C(=O)c1ccc(F)cc1. The summed E-state index contributed by atoms with van der Waals surface area (Å²) in [6.07, 6.45) is 1.34. The van der Waals surface area contributed by atoms with Gasteiger partial charge in [-0.1, -0.05) is 12.1 Å². The maximum absolute atomic E-state index is 12.9. The summed E-state index contributed by atoms with van der Waals surface area (Å²) in [4.78, 5) is 13.2. The highest BCUT2D eigenvalue weighted by Gasteiger charge is 2.18. The average molecular weight is 290 g/mol. The molecule has 1 unspecified atom stereocenters. The smallest absolute Gasteiger partial charge is 0.202 e. The van der Waals surface area contributed by atoms with Crippen LogP contribution in [0.3, 0.4) is 0 Å². The van der Waals surface area contributed by atoms with Crippen molar-refractivity contribution in [3.63, 3.8) is 0 Å². The number of Topliss-reactive ketones (excluding diaryl/α,β-unsaturated/α-hetero) is 1. The number of carbonyl (C=O) groups excluding carboxylic acids is 1. The fourth-order valence-electron chi connectivity index (χ4n) is 1.81. The van der Waals surface area contributed by atoms with Crippen LogP contribution in [0, 0.1) is 5.82 Å². The van der Waals surface area contributed by atoms with Crippen molar-refractivity contribution in [3.8, 4) is 5.75 Å². The van der Waals surface area contributed by atoms with Gasteiger partial charge in [-0.15, -0.1) is 11.8 Å². The van der Waals surface area contributed by atoms with Gasteiger partial charge in [0, 0.05) is 10.5 Å². The van der Waals surface area contributed by atoms with Gasteiger partial charge in [-0.25, -0.2) is 4.39 Å². The predicted molar refractivity (Wildman–Crippen MR) is 79.0 cm³/mol. The molecule has 0 aliphatic carbocycles. The lowest BCUT2D eigenvalue weighted by Gasteiger charge is -2.15. The average Bonchev–Trinajstić information content (AvgIpc) is 2.48. The van der Waals surface area contributed by atoms with Crippen molar-refractivity contribution >= 4 is 17.5 Å². The van der Waals surface area contributed by atoms with Crippen LogP contribution in [0.15, 0.2) is 53.4 Å². The van der Waals surface area contributed by atoms with Crippen LogP contribution >= 0.6 is 11.8 Å². The molecular formula is C16H15FO2S. The van der Waals surface area contributed by atoms with E-state index in [1.165, 1.54) is 24.3 Å². The van der Waals surface area contributed by atoms with Crippen LogP contribution in [0.1, 0.15) is 17.3 Å². The highest BCUT2D eigenvalue weighted by molar-refractivity contribution is 7.98. The summed E-state index contributed by atoms with van der Waals surface area (Å²) in [7, 11) is 0. The van der Waals surface area contributed by atoms with Gasteiger partial charge in [0.1, 0.15) is 11.6 Å². The molecule has 0 N–H and O–H groups in total. The van der Waals surface area contributed by atoms with Crippen LogP contribution < -0.4 is 4.74 Å². The molecule has 0 spiro atoms. The van der Waals surface area contributed by atoms with Crippen molar-refractivity contribution in [2.75, 3.05) is 6.26 Å². The Morgan fingerprint density at radius 2 is 1.80 bits per heavy atom. The van der Waals surface area contributed by atoms with Gasteiger partial charge in [0.2, 0.25) is 5.78 Å². The van der Waals surface area contributed by atoms with E-state index in [0.717, 1.165) is 4.90 Å². The Morgan fingerprint density at radius 3 is 2.45 bits per heavy atom. The minimum Gasteiger partial charge on any atom is -0.481 e. The largest absolute Gasteiger partial charge is 0.481 e. The van der Waals surface area contributed by atoms with E-state index >= 15 is 0 Å². The third kappa shape index (κ3) is 3.39. The number of ketones is 1. The van der Waals surface area contributed by atoms with E-state index in [2.05, 4.69) is 0 Å². The first kappa shape index (κ1) is 14.6. The molecule has 0 aromatic heterocycles. The first-order valence-corrected chi connectivity index (χ1v) is 7.43. The topological polar surface area (TPSA) is 26.3 Å². The number of ether oxygens (including phenoxy) is 1. The van der Waals surface area contributed by atoms with Gasteiger partial charge in [0.05, 0.1) is 0 Å². The Labute approximate surface area is 122 Å². The molecular weight excluding hydrogens is 275 g/mol. The number of rotatable bonds is 5. The van der Waals surface area contributed by atoms with Crippen LogP contribution in [-0.2, 0) is 0 Å². The molecule has 0 radical (unpaired) electrons. The summed E-state index contributed by atoms with van der Waals surface area (Å²) in [5.41, 5.74) is 0.445. The van der Waals surface area contributed by atoms with Gasteiger partial charge in [-0.3, -0.25) is 4.79 Å². The number of halogens is 1. The highest BCUT2D eigenvalue weighted by atomic mass is 32.2. The van der Waals surface area contributed by atoms with E-state index in [-0.39, 0.29) is 11.6 Å². The van der Waals surface area contributed by atoms with E-state index in [1.807, 2.05) is 30.5 Å². The summed E-state index contributed by atoms with van der Waals surface area (Å²) in [6.45, 7) is 1.70. The summed E-state index contributed by atoms with van der Waals surface area (Å²) < 4.78 is 18.6. The second-order valence-electron chi connectivity index (χ2n) is 4.28. The van der Waals surface area contributed by atoms with E-state index < -0.39 is 6.10 Å². The van der Waals surface area contributed by atoms with Gasteiger partial charge in [0.15, 0.2) is 6.10 Å². The molecule has 0 saturated heterocycles. The number of thioether (sulfide) groups is 1. The Morgan fingerprint density at radius 1 is 1.15 bits per heavy atom. The molecule has 0 fully saturated rings. The molecule has 4 heteroatoms. The Hall–Kier alpha value is -1.81. The van der Waals surface area contributed by atoms with Crippen LogP contribution in [-0.4, -0.2) is 18.1 Å². The molecule has 2 aromatic rings. The second-order valence-corrected chi connectivity index (χ2v) is 5.13. The maximum Gasteiger partial charge on any atom is 0.202 e.